The van der Waals surface area contributed by atoms with Gasteiger partial charge in [0.05, 0.1) is 10.7 Å². The first-order valence-corrected chi connectivity index (χ1v) is 6.64. The van der Waals surface area contributed by atoms with Crippen molar-refractivity contribution in [2.24, 2.45) is 5.73 Å². The van der Waals surface area contributed by atoms with Crippen LogP contribution in [0.2, 0.25) is 0 Å². The average molecular weight is 291 g/mol. The molecule has 0 fully saturated rings. The molecule has 2 aromatic rings. The van der Waals surface area contributed by atoms with E-state index in [-0.39, 0.29) is 12.5 Å². The zero-order chi connectivity index (χ0) is 14.5. The minimum absolute atomic E-state index is 0.0240. The molecule has 2 heterocycles. The molecule has 20 heavy (non-hydrogen) atoms. The fourth-order valence-corrected chi connectivity index (χ4v) is 2.04. The van der Waals surface area contributed by atoms with E-state index in [9.17, 15) is 9.59 Å². The van der Waals surface area contributed by atoms with Crippen LogP contribution >= 0.6 is 11.3 Å². The molecule has 0 aromatic carbocycles. The molecule has 0 aliphatic rings. The summed E-state index contributed by atoms with van der Waals surface area (Å²) in [6, 6.07) is 1.58. The second-order valence-electron chi connectivity index (χ2n) is 3.98. The Kier molecular flexibility index (Phi) is 4.26. The summed E-state index contributed by atoms with van der Waals surface area (Å²) in [5.74, 6) is -0.458. The number of thiazole rings is 1. The highest BCUT2D eigenvalue weighted by Gasteiger charge is 2.04. The monoisotopic (exact) mass is 291 g/mol. The molecule has 0 atom stereocenters. The van der Waals surface area contributed by atoms with Gasteiger partial charge in [-0.2, -0.15) is 5.10 Å². The van der Waals surface area contributed by atoms with Crippen molar-refractivity contribution in [3.05, 3.63) is 34.4 Å². The molecule has 7 nitrogen and oxygen atoms in total. The van der Waals surface area contributed by atoms with E-state index in [1.165, 1.54) is 22.1 Å². The largest absolute Gasteiger partial charge is 0.368 e. The molecular weight excluding hydrogens is 278 g/mol. The summed E-state index contributed by atoms with van der Waals surface area (Å²) < 4.78 is 1.35. The van der Waals surface area contributed by atoms with E-state index in [0.29, 0.717) is 5.82 Å². The maximum atomic E-state index is 11.7. The Morgan fingerprint density at radius 1 is 1.55 bits per heavy atom. The maximum absolute atomic E-state index is 11.7. The van der Waals surface area contributed by atoms with Gasteiger partial charge < -0.3 is 11.1 Å². The predicted octanol–water partition coefficient (Wildman–Crippen LogP) is 0.785. The number of hydrogen-bond donors (Lipinski definition) is 2. The highest BCUT2D eigenvalue weighted by atomic mass is 32.1. The van der Waals surface area contributed by atoms with Crippen LogP contribution in [-0.2, 0) is 16.1 Å². The topological polar surface area (TPSA) is 103 Å². The standard InChI is InChI=1S/C12H13N5O2S/c1-8-14-9(7-20-8)2-3-12(19)15-11-4-5-17(16-11)6-10(13)18/h2-5,7H,6H2,1H3,(H2,13,18)(H,15,16,19)/b3-2-. The van der Waals surface area contributed by atoms with E-state index in [1.807, 2.05) is 12.3 Å². The SMILES string of the molecule is Cc1nc(/C=C\C(=O)Nc2ccn(CC(N)=O)n2)cs1. The van der Waals surface area contributed by atoms with Crippen LogP contribution in [0.3, 0.4) is 0 Å². The van der Waals surface area contributed by atoms with E-state index in [0.717, 1.165) is 10.7 Å². The van der Waals surface area contributed by atoms with Crippen LogP contribution in [0.4, 0.5) is 5.82 Å². The Hall–Kier alpha value is -2.48. The van der Waals surface area contributed by atoms with E-state index in [1.54, 1.807) is 18.3 Å². The van der Waals surface area contributed by atoms with Gasteiger partial charge in [0.25, 0.3) is 0 Å². The summed E-state index contributed by atoms with van der Waals surface area (Å²) in [6.45, 7) is 1.87. The molecule has 0 saturated carbocycles. The number of nitrogens with one attached hydrogen (secondary N) is 1. The molecule has 0 spiro atoms. The van der Waals surface area contributed by atoms with Gasteiger partial charge in [-0.1, -0.05) is 0 Å². The minimum atomic E-state index is -0.496. The lowest BCUT2D eigenvalue weighted by Gasteiger charge is -1.97. The van der Waals surface area contributed by atoms with Crippen LogP contribution in [0.25, 0.3) is 6.08 Å². The average Bonchev–Trinajstić information content (AvgIpc) is 2.95. The molecule has 104 valence electrons. The molecule has 0 aliphatic heterocycles. The van der Waals surface area contributed by atoms with Crippen LogP contribution < -0.4 is 11.1 Å². The Balaban J connectivity index is 1.92. The van der Waals surface area contributed by atoms with Crippen molar-refractivity contribution in [1.82, 2.24) is 14.8 Å². The van der Waals surface area contributed by atoms with E-state index < -0.39 is 5.91 Å². The van der Waals surface area contributed by atoms with Gasteiger partial charge in [-0.05, 0) is 13.0 Å². The van der Waals surface area contributed by atoms with Gasteiger partial charge in [-0.15, -0.1) is 11.3 Å². The number of aromatic nitrogens is 3. The van der Waals surface area contributed by atoms with Gasteiger partial charge in [-0.3, -0.25) is 14.3 Å². The summed E-state index contributed by atoms with van der Waals surface area (Å²) in [5, 5.41) is 9.37. The normalized spacial score (nSPS) is 10.8. The first kappa shape index (κ1) is 13.9. The smallest absolute Gasteiger partial charge is 0.249 e. The van der Waals surface area contributed by atoms with Crippen molar-refractivity contribution < 1.29 is 9.59 Å². The number of anilines is 1. The Morgan fingerprint density at radius 2 is 2.35 bits per heavy atom. The summed E-state index contributed by atoms with van der Waals surface area (Å²) in [4.78, 5) is 26.6. The summed E-state index contributed by atoms with van der Waals surface area (Å²) in [6.07, 6.45) is 4.56. The molecule has 2 amide bonds. The maximum Gasteiger partial charge on any atom is 0.249 e. The third-order valence-electron chi connectivity index (χ3n) is 2.25. The van der Waals surface area contributed by atoms with E-state index >= 15 is 0 Å². The Labute approximate surface area is 119 Å². The van der Waals surface area contributed by atoms with Crippen molar-refractivity contribution in [3.8, 4) is 0 Å². The first-order chi connectivity index (χ1) is 9.52. The lowest BCUT2D eigenvalue weighted by molar-refractivity contribution is -0.118. The highest BCUT2D eigenvalue weighted by molar-refractivity contribution is 7.09. The third kappa shape index (κ3) is 4.02. The van der Waals surface area contributed by atoms with Crippen molar-refractivity contribution in [2.45, 2.75) is 13.5 Å². The Morgan fingerprint density at radius 3 is 3.00 bits per heavy atom. The lowest BCUT2D eigenvalue weighted by atomic mass is 10.4. The molecule has 0 radical (unpaired) electrons. The molecule has 3 N–H and O–H groups in total. The number of aryl methyl sites for hydroxylation is 1. The van der Waals surface area contributed by atoms with Gasteiger partial charge in [0.15, 0.2) is 5.82 Å². The van der Waals surface area contributed by atoms with Gasteiger partial charge in [0.2, 0.25) is 11.8 Å². The number of amides is 2. The zero-order valence-corrected chi connectivity index (χ0v) is 11.6. The summed E-state index contributed by atoms with van der Waals surface area (Å²) in [5.41, 5.74) is 5.78. The number of nitrogens with two attached hydrogens (primary N) is 1. The van der Waals surface area contributed by atoms with Crippen LogP contribution in [0, 0.1) is 6.92 Å². The minimum Gasteiger partial charge on any atom is -0.368 e. The van der Waals surface area contributed by atoms with E-state index in [4.69, 9.17) is 5.73 Å². The number of hydrogen-bond acceptors (Lipinski definition) is 5. The van der Waals surface area contributed by atoms with Crippen LogP contribution in [0.15, 0.2) is 23.7 Å². The molecular formula is C12H13N5O2S. The molecule has 0 unspecified atom stereocenters. The second-order valence-corrected chi connectivity index (χ2v) is 5.04. The number of nitrogens with zero attached hydrogens (tertiary/aromatic N) is 3. The van der Waals surface area contributed by atoms with Crippen molar-refractivity contribution in [2.75, 3.05) is 5.32 Å². The predicted molar refractivity (Wildman–Crippen MR) is 75.9 cm³/mol. The van der Waals surface area contributed by atoms with Crippen molar-refractivity contribution in [3.63, 3.8) is 0 Å². The number of carbonyl (C=O) groups is 2. The van der Waals surface area contributed by atoms with Gasteiger partial charge >= 0.3 is 0 Å². The first-order valence-electron chi connectivity index (χ1n) is 5.76. The van der Waals surface area contributed by atoms with Gasteiger partial charge in [0.1, 0.15) is 6.54 Å². The zero-order valence-electron chi connectivity index (χ0n) is 10.7. The van der Waals surface area contributed by atoms with Crippen LogP contribution in [0.1, 0.15) is 10.7 Å². The van der Waals surface area contributed by atoms with Crippen LogP contribution in [-0.4, -0.2) is 26.6 Å². The van der Waals surface area contributed by atoms with Crippen molar-refractivity contribution in [1.29, 1.82) is 0 Å². The molecule has 0 saturated heterocycles. The quantitative estimate of drug-likeness (QED) is 0.795. The number of primary amides is 1. The fraction of sp³-hybridized carbons (Fsp3) is 0.167. The molecule has 0 aliphatic carbocycles. The fourth-order valence-electron chi connectivity index (χ4n) is 1.46. The summed E-state index contributed by atoms with van der Waals surface area (Å²) >= 11 is 1.52. The van der Waals surface area contributed by atoms with Gasteiger partial charge in [-0.25, -0.2) is 4.98 Å². The second kappa shape index (κ2) is 6.11. The third-order valence-corrected chi connectivity index (χ3v) is 3.04. The highest BCUT2D eigenvalue weighted by Crippen LogP contribution is 2.09. The van der Waals surface area contributed by atoms with Crippen molar-refractivity contribution >= 4 is 35.0 Å². The number of carbonyl (C=O) groups excluding carboxylic acids is 2. The number of rotatable bonds is 5. The molecule has 0 bridgehead atoms. The molecule has 2 aromatic heterocycles. The van der Waals surface area contributed by atoms with E-state index in [2.05, 4.69) is 15.4 Å². The molecule has 2 rings (SSSR count). The van der Waals surface area contributed by atoms with Gasteiger partial charge in [0, 0.05) is 23.7 Å². The molecule has 8 heteroatoms. The summed E-state index contributed by atoms with van der Waals surface area (Å²) in [7, 11) is 0. The Bertz CT molecular complexity index is 658. The lowest BCUT2D eigenvalue weighted by Crippen LogP contribution is -2.19. The van der Waals surface area contributed by atoms with Crippen LogP contribution in [0.5, 0.6) is 0 Å².